The van der Waals surface area contributed by atoms with Gasteiger partial charge in [-0.1, -0.05) is 19.1 Å². The van der Waals surface area contributed by atoms with Gasteiger partial charge in [0, 0.05) is 23.2 Å². The molecule has 3 heteroatoms. The minimum Gasteiger partial charge on any atom is -0.492 e. The van der Waals surface area contributed by atoms with Crippen LogP contribution in [0.1, 0.15) is 50.0 Å². The van der Waals surface area contributed by atoms with Crippen LogP contribution in [-0.4, -0.2) is 35.9 Å². The molecule has 0 saturated carbocycles. The zero-order valence-corrected chi connectivity index (χ0v) is 13.0. The highest BCUT2D eigenvalue weighted by Gasteiger charge is 2.28. The maximum atomic E-state index is 11.8. The Bertz CT molecular complexity index is 482. The molecule has 1 aliphatic heterocycles. The maximum Gasteiger partial charge on any atom is 0.160 e. The number of rotatable bonds is 5. The number of carbonyl (C=O) groups is 1. The zero-order valence-electron chi connectivity index (χ0n) is 13.0. The van der Waals surface area contributed by atoms with E-state index in [9.17, 15) is 4.79 Å². The van der Waals surface area contributed by atoms with Gasteiger partial charge in [0.2, 0.25) is 0 Å². The van der Waals surface area contributed by atoms with Gasteiger partial charge in [-0.3, -0.25) is 9.69 Å². The Hall–Kier alpha value is -1.35. The van der Waals surface area contributed by atoms with Crippen LogP contribution in [0.3, 0.4) is 0 Å². The lowest BCUT2D eigenvalue weighted by molar-refractivity contribution is 0.0907. The van der Waals surface area contributed by atoms with Crippen LogP contribution in [0.2, 0.25) is 0 Å². The average molecular weight is 275 g/mol. The van der Waals surface area contributed by atoms with Gasteiger partial charge in [-0.2, -0.15) is 0 Å². The molecular weight excluding hydrogens is 250 g/mol. The van der Waals surface area contributed by atoms with E-state index in [1.54, 1.807) is 6.92 Å². The molecule has 1 aromatic rings. The molecule has 0 spiro atoms. The first-order valence-electron chi connectivity index (χ1n) is 7.56. The van der Waals surface area contributed by atoms with Crippen molar-refractivity contribution in [2.24, 2.45) is 0 Å². The first kappa shape index (κ1) is 15.0. The van der Waals surface area contributed by atoms with E-state index in [1.807, 2.05) is 18.2 Å². The Kier molecular flexibility index (Phi) is 4.81. The molecule has 2 rings (SSSR count). The standard InChI is InChI=1S/C17H25NO2/c1-5-9-18(12(2)3)14-10-16-15(13(4)19)7-6-8-17(16)20-11-14/h6-8,12,14H,5,9-11H2,1-4H3. The molecule has 1 aliphatic rings. The van der Waals surface area contributed by atoms with Crippen molar-refractivity contribution in [3.8, 4) is 5.75 Å². The van der Waals surface area contributed by atoms with Crippen molar-refractivity contribution >= 4 is 5.78 Å². The Morgan fingerprint density at radius 2 is 2.20 bits per heavy atom. The topological polar surface area (TPSA) is 29.5 Å². The van der Waals surface area contributed by atoms with Crippen molar-refractivity contribution in [1.82, 2.24) is 4.90 Å². The number of hydrogen-bond donors (Lipinski definition) is 0. The Morgan fingerprint density at radius 3 is 2.80 bits per heavy atom. The quantitative estimate of drug-likeness (QED) is 0.772. The number of ketones is 1. The molecule has 0 saturated heterocycles. The summed E-state index contributed by atoms with van der Waals surface area (Å²) in [5.41, 5.74) is 1.89. The molecule has 1 unspecified atom stereocenters. The lowest BCUT2D eigenvalue weighted by Gasteiger charge is -2.38. The van der Waals surface area contributed by atoms with E-state index in [1.165, 1.54) is 0 Å². The molecule has 0 radical (unpaired) electrons. The normalized spacial score (nSPS) is 18.0. The second kappa shape index (κ2) is 6.40. The van der Waals surface area contributed by atoms with E-state index in [2.05, 4.69) is 25.7 Å². The third-order valence-electron chi connectivity index (χ3n) is 4.00. The smallest absolute Gasteiger partial charge is 0.160 e. The summed E-state index contributed by atoms with van der Waals surface area (Å²) in [6, 6.07) is 6.64. The molecule has 0 aliphatic carbocycles. The molecule has 1 heterocycles. The summed E-state index contributed by atoms with van der Waals surface area (Å²) in [5.74, 6) is 1.01. The monoisotopic (exact) mass is 275 g/mol. The molecular formula is C17H25NO2. The number of ether oxygens (including phenoxy) is 1. The molecule has 0 bridgehead atoms. The van der Waals surface area contributed by atoms with Crippen LogP contribution in [0.15, 0.2) is 18.2 Å². The van der Waals surface area contributed by atoms with Gasteiger partial charge in [-0.15, -0.1) is 0 Å². The van der Waals surface area contributed by atoms with E-state index < -0.39 is 0 Å². The fourth-order valence-electron chi connectivity index (χ4n) is 3.06. The molecule has 0 fully saturated rings. The van der Waals surface area contributed by atoms with Crippen LogP contribution in [0.4, 0.5) is 0 Å². The third kappa shape index (κ3) is 3.04. The van der Waals surface area contributed by atoms with Gasteiger partial charge < -0.3 is 4.74 Å². The lowest BCUT2D eigenvalue weighted by atomic mass is 9.94. The predicted octanol–water partition coefficient (Wildman–Crippen LogP) is 3.31. The number of fused-ring (bicyclic) bond motifs is 1. The Labute approximate surface area is 121 Å². The van der Waals surface area contributed by atoms with Crippen molar-refractivity contribution < 1.29 is 9.53 Å². The zero-order chi connectivity index (χ0) is 14.7. The van der Waals surface area contributed by atoms with Gasteiger partial charge in [0.05, 0.1) is 0 Å². The second-order valence-corrected chi connectivity index (χ2v) is 5.84. The predicted molar refractivity (Wildman–Crippen MR) is 81.6 cm³/mol. The van der Waals surface area contributed by atoms with Gasteiger partial charge in [0.15, 0.2) is 5.78 Å². The number of carbonyl (C=O) groups excluding carboxylic acids is 1. The average Bonchev–Trinajstić information content (AvgIpc) is 2.43. The van der Waals surface area contributed by atoms with Crippen molar-refractivity contribution in [2.45, 2.75) is 52.6 Å². The summed E-state index contributed by atoms with van der Waals surface area (Å²) in [7, 11) is 0. The Balaban J connectivity index is 2.27. The summed E-state index contributed by atoms with van der Waals surface area (Å²) in [5, 5.41) is 0. The van der Waals surface area contributed by atoms with E-state index >= 15 is 0 Å². The molecule has 0 aromatic heterocycles. The van der Waals surface area contributed by atoms with Crippen LogP contribution in [-0.2, 0) is 6.42 Å². The van der Waals surface area contributed by atoms with E-state index in [0.717, 1.165) is 36.3 Å². The molecule has 0 N–H and O–H groups in total. The van der Waals surface area contributed by atoms with Crippen LogP contribution in [0.25, 0.3) is 0 Å². The molecule has 3 nitrogen and oxygen atoms in total. The number of benzene rings is 1. The second-order valence-electron chi connectivity index (χ2n) is 5.84. The SMILES string of the molecule is CCCN(C(C)C)C1COc2cccc(C(C)=O)c2C1. The molecule has 0 amide bonds. The van der Waals surface area contributed by atoms with Gasteiger partial charge in [0.1, 0.15) is 12.4 Å². The van der Waals surface area contributed by atoms with Crippen molar-refractivity contribution in [2.75, 3.05) is 13.2 Å². The van der Waals surface area contributed by atoms with Gasteiger partial charge in [-0.25, -0.2) is 0 Å². The number of nitrogens with zero attached hydrogens (tertiary/aromatic N) is 1. The highest BCUT2D eigenvalue weighted by Crippen LogP contribution is 2.30. The molecule has 1 atom stereocenters. The largest absolute Gasteiger partial charge is 0.492 e. The van der Waals surface area contributed by atoms with Gasteiger partial charge >= 0.3 is 0 Å². The summed E-state index contributed by atoms with van der Waals surface area (Å²) in [6.07, 6.45) is 2.04. The van der Waals surface area contributed by atoms with Crippen LogP contribution < -0.4 is 4.74 Å². The number of Topliss-reactive ketones (excluding diaryl/α,β-unsaturated/α-hetero) is 1. The van der Waals surface area contributed by atoms with Crippen LogP contribution in [0, 0.1) is 0 Å². The van der Waals surface area contributed by atoms with Gasteiger partial charge in [-0.05, 0) is 46.2 Å². The van der Waals surface area contributed by atoms with Crippen LogP contribution in [0.5, 0.6) is 5.75 Å². The van der Waals surface area contributed by atoms with Crippen molar-refractivity contribution in [1.29, 1.82) is 0 Å². The summed E-state index contributed by atoms with van der Waals surface area (Å²) in [6.45, 7) is 10.1. The minimum absolute atomic E-state index is 0.123. The fraction of sp³-hybridized carbons (Fsp3) is 0.588. The summed E-state index contributed by atoms with van der Waals surface area (Å²) < 4.78 is 5.91. The highest BCUT2D eigenvalue weighted by molar-refractivity contribution is 5.96. The minimum atomic E-state index is 0.123. The van der Waals surface area contributed by atoms with E-state index in [0.29, 0.717) is 18.7 Å². The highest BCUT2D eigenvalue weighted by atomic mass is 16.5. The molecule has 1 aromatic carbocycles. The third-order valence-corrected chi connectivity index (χ3v) is 4.00. The van der Waals surface area contributed by atoms with Gasteiger partial charge in [0.25, 0.3) is 0 Å². The van der Waals surface area contributed by atoms with E-state index in [-0.39, 0.29) is 5.78 Å². The summed E-state index contributed by atoms with van der Waals surface area (Å²) >= 11 is 0. The van der Waals surface area contributed by atoms with Crippen molar-refractivity contribution in [3.63, 3.8) is 0 Å². The molecule has 20 heavy (non-hydrogen) atoms. The lowest BCUT2D eigenvalue weighted by Crippen LogP contribution is -2.47. The number of hydrogen-bond acceptors (Lipinski definition) is 3. The molecule has 110 valence electrons. The Morgan fingerprint density at radius 1 is 1.45 bits per heavy atom. The first-order chi connectivity index (χ1) is 9.54. The van der Waals surface area contributed by atoms with Crippen molar-refractivity contribution in [3.05, 3.63) is 29.3 Å². The maximum absolute atomic E-state index is 11.8. The van der Waals surface area contributed by atoms with E-state index in [4.69, 9.17) is 4.74 Å². The van der Waals surface area contributed by atoms with Crippen LogP contribution >= 0.6 is 0 Å². The summed E-state index contributed by atoms with van der Waals surface area (Å²) in [4.78, 5) is 14.3. The first-order valence-corrected chi connectivity index (χ1v) is 7.56. The fourth-order valence-corrected chi connectivity index (χ4v) is 3.06.